The van der Waals surface area contributed by atoms with E-state index in [0.29, 0.717) is 0 Å². The Balaban J connectivity index is 0.000000132. The van der Waals surface area contributed by atoms with Crippen LogP contribution in [0, 0.1) is 0 Å². The van der Waals surface area contributed by atoms with Crippen LogP contribution in [-0.2, 0) is 0 Å². The van der Waals surface area contributed by atoms with Crippen LogP contribution in [0.25, 0.3) is 265 Å². The van der Waals surface area contributed by atoms with Crippen LogP contribution in [0.1, 0.15) is 0 Å². The number of rotatable bonds is 10. The molecule has 0 aliphatic heterocycles. The number of furan rings is 1. The van der Waals surface area contributed by atoms with Gasteiger partial charge in [0.05, 0.1) is 88.3 Å². The van der Waals surface area contributed by atoms with Gasteiger partial charge in [0, 0.05) is 138 Å². The number of hydrogen-bond donors (Lipinski definition) is 0. The molecule has 30 aromatic rings. The molecule has 0 saturated carbocycles. The maximum Gasteiger partial charge on any atom is 0.165 e. The molecule has 0 aliphatic rings. The van der Waals surface area contributed by atoms with Gasteiger partial charge in [0.15, 0.2) is 23.3 Å². The molecule has 13 heteroatoms. The van der Waals surface area contributed by atoms with Crippen LogP contribution < -0.4 is 0 Å². The van der Waals surface area contributed by atoms with Crippen LogP contribution in [0.2, 0.25) is 0 Å². The molecule has 0 unspecified atom stereocenters. The van der Waals surface area contributed by atoms with Gasteiger partial charge in [-0.3, -0.25) is 28.2 Å². The standard InChI is InChI=1S/C65H39N5O.C57H35N7/c1-10-31-51-40(20-1)41-21-2-11-32-52(41)67(51)61-60(50-30-19-29-49-48-28-9-18-39-59(48)71-63(49)50)62(68-53-33-12-3-22-42(53)43-23-4-13-34-54(43)68)65(70-57-37-16-7-26-46(57)47-27-8-17-38-58(47)70)66-64(61)69-55-35-14-5-24-44(55)45-25-6-15-36-56(45)69;1-2-16-36(17-3-1)53-54(61-45-24-10-8-22-41(45)43-34-58-32-30-51(43)61)56(63-47-26-12-4-18-37(47)38-19-5-13-27-48(38)63)60-57(64-49-28-14-6-20-39(49)40-21-7-15-29-50(40)64)55(53)62-46-25-11-9-23-42(46)44-35-59-33-31-52(44)62/h1-39H;1-35H. The molecule has 13 nitrogen and oxygen atoms in total. The van der Waals surface area contributed by atoms with Crippen molar-refractivity contribution in [3.05, 3.63) is 449 Å². The molecule has 17 aromatic carbocycles. The maximum atomic E-state index is 7.22. The molecule has 628 valence electrons. The van der Waals surface area contributed by atoms with Gasteiger partial charge in [-0.25, -0.2) is 9.97 Å². The SMILES string of the molecule is c1ccc(-c2c(-n3c4ccccc4c4cnccc43)c(-n3c4ccccc4c4ccccc43)nc(-n3c4ccccc4c4ccccc43)c2-n2c3ccccc3c3cnccc32)cc1.c1ccc2c(c1)oc1c(-c3c(-n4c5ccccc5c5ccccc54)c(-n4c5ccccc5c5ccccc54)nc(-n4c5ccccc5c5ccccc54)c3-n3c4ccccc4c4ccccc43)cccc12. The van der Waals surface area contributed by atoms with E-state index < -0.39 is 0 Å². The quantitative estimate of drug-likeness (QED) is 0.136. The lowest BCUT2D eigenvalue weighted by molar-refractivity contribution is 0.670. The van der Waals surface area contributed by atoms with Gasteiger partial charge >= 0.3 is 0 Å². The van der Waals surface area contributed by atoms with E-state index in [1.54, 1.807) is 0 Å². The monoisotopic (exact) mass is 1720 g/mol. The topological polar surface area (TPSA) is 104 Å². The lowest BCUT2D eigenvalue weighted by atomic mass is 9.98. The van der Waals surface area contributed by atoms with Gasteiger partial charge < -0.3 is 22.7 Å². The molecule has 13 aromatic heterocycles. The first kappa shape index (κ1) is 74.5. The highest BCUT2D eigenvalue weighted by Crippen LogP contribution is 2.54. The molecular formula is C122H74N12O. The van der Waals surface area contributed by atoms with Crippen molar-refractivity contribution >= 4 is 196 Å². The van der Waals surface area contributed by atoms with Crippen LogP contribution in [0.5, 0.6) is 0 Å². The van der Waals surface area contributed by atoms with Crippen LogP contribution in [-0.4, -0.2) is 56.5 Å². The molecule has 0 N–H and O–H groups in total. The molecule has 0 saturated heterocycles. The molecular weight excluding hydrogens is 1650 g/mol. The molecule has 0 aliphatic carbocycles. The summed E-state index contributed by atoms with van der Waals surface area (Å²) in [7, 11) is 0. The van der Waals surface area contributed by atoms with Crippen molar-refractivity contribution in [3.8, 4) is 68.3 Å². The Morgan fingerprint density at radius 1 is 0.163 bits per heavy atom. The third kappa shape index (κ3) is 10.6. The number of hydrogen-bond acceptors (Lipinski definition) is 5. The minimum atomic E-state index is 0.790. The highest BCUT2D eigenvalue weighted by atomic mass is 16.3. The zero-order valence-corrected chi connectivity index (χ0v) is 72.5. The average Bonchev–Trinajstić information content (AvgIpc) is 1.53. The van der Waals surface area contributed by atoms with Gasteiger partial charge in [-0.2, -0.15) is 0 Å². The summed E-state index contributed by atoms with van der Waals surface area (Å²) in [5, 5.41) is 20.4. The second-order valence-electron chi connectivity index (χ2n) is 35.0. The van der Waals surface area contributed by atoms with Crippen LogP contribution in [0.15, 0.2) is 454 Å². The third-order valence-corrected chi connectivity index (χ3v) is 28.1. The largest absolute Gasteiger partial charge is 0.455 e. The predicted molar refractivity (Wildman–Crippen MR) is 557 cm³/mol. The minimum absolute atomic E-state index is 0.790. The second kappa shape index (κ2) is 29.0. The summed E-state index contributed by atoms with van der Waals surface area (Å²) in [4.78, 5) is 22.0. The Bertz CT molecular complexity index is 9340. The van der Waals surface area contributed by atoms with Gasteiger partial charge in [0.1, 0.15) is 33.9 Å². The fourth-order valence-electron chi connectivity index (χ4n) is 22.7. The fraction of sp³-hybridized carbons (Fsp3) is 0. The summed E-state index contributed by atoms with van der Waals surface area (Å²) in [5.41, 5.74) is 26.5. The van der Waals surface area contributed by atoms with Crippen molar-refractivity contribution < 1.29 is 4.42 Å². The number of pyridine rings is 4. The normalized spacial score (nSPS) is 12.1. The number of fused-ring (bicyclic) bond motifs is 27. The van der Waals surface area contributed by atoms with Crippen molar-refractivity contribution in [2.24, 2.45) is 0 Å². The second-order valence-corrected chi connectivity index (χ2v) is 35.0. The average molecular weight is 1720 g/mol. The van der Waals surface area contributed by atoms with Crippen molar-refractivity contribution in [1.82, 2.24) is 56.5 Å². The lowest BCUT2D eigenvalue weighted by Crippen LogP contribution is -2.16. The van der Waals surface area contributed by atoms with Crippen LogP contribution in [0.3, 0.4) is 0 Å². The molecule has 13 heterocycles. The van der Waals surface area contributed by atoms with E-state index in [9.17, 15) is 0 Å². The zero-order chi connectivity index (χ0) is 88.2. The molecule has 0 radical (unpaired) electrons. The van der Waals surface area contributed by atoms with Crippen molar-refractivity contribution in [1.29, 1.82) is 0 Å². The van der Waals surface area contributed by atoms with E-state index in [2.05, 4.69) is 471 Å². The molecule has 135 heavy (non-hydrogen) atoms. The van der Waals surface area contributed by atoms with E-state index >= 15 is 0 Å². The van der Waals surface area contributed by atoms with E-state index in [-0.39, 0.29) is 0 Å². The van der Waals surface area contributed by atoms with Crippen molar-refractivity contribution in [2.45, 2.75) is 0 Å². The Morgan fingerprint density at radius 2 is 0.378 bits per heavy atom. The molecule has 0 bridgehead atoms. The Labute approximate surface area is 769 Å². The summed E-state index contributed by atoms with van der Waals surface area (Å²) >= 11 is 0. The van der Waals surface area contributed by atoms with E-state index in [4.69, 9.17) is 14.4 Å². The van der Waals surface area contributed by atoms with Gasteiger partial charge in [0.2, 0.25) is 0 Å². The zero-order valence-electron chi connectivity index (χ0n) is 72.5. The van der Waals surface area contributed by atoms with E-state index in [1.165, 1.54) is 0 Å². The predicted octanol–water partition coefficient (Wildman–Crippen LogP) is 31.0. The molecule has 0 spiro atoms. The summed E-state index contributed by atoms with van der Waals surface area (Å²) in [6.07, 6.45) is 7.80. The van der Waals surface area contributed by atoms with Crippen LogP contribution >= 0.6 is 0 Å². The van der Waals surface area contributed by atoms with Gasteiger partial charge in [-0.1, -0.05) is 322 Å². The fourth-order valence-corrected chi connectivity index (χ4v) is 22.7. The molecule has 0 fully saturated rings. The lowest BCUT2D eigenvalue weighted by Gasteiger charge is -2.27. The number of aromatic nitrogens is 12. The summed E-state index contributed by atoms with van der Waals surface area (Å²) < 4.78 is 26.7. The molecule has 0 amide bonds. The minimum Gasteiger partial charge on any atom is -0.455 e. The Morgan fingerprint density at radius 3 is 0.659 bits per heavy atom. The van der Waals surface area contributed by atoms with E-state index in [0.717, 1.165) is 265 Å². The number of benzene rings is 17. The van der Waals surface area contributed by atoms with Crippen LogP contribution in [0.4, 0.5) is 0 Å². The summed E-state index contributed by atoms with van der Waals surface area (Å²) in [6, 6.07) is 153. The van der Waals surface area contributed by atoms with E-state index in [1.807, 2.05) is 24.8 Å². The summed E-state index contributed by atoms with van der Waals surface area (Å²) in [5.74, 6) is 3.19. The van der Waals surface area contributed by atoms with Gasteiger partial charge in [-0.15, -0.1) is 0 Å². The number of nitrogens with zero attached hydrogens (tertiary/aromatic N) is 12. The first-order valence-corrected chi connectivity index (χ1v) is 45.8. The van der Waals surface area contributed by atoms with Gasteiger partial charge in [-0.05, 0) is 109 Å². The van der Waals surface area contributed by atoms with Crippen molar-refractivity contribution in [2.75, 3.05) is 0 Å². The third-order valence-electron chi connectivity index (χ3n) is 28.1. The van der Waals surface area contributed by atoms with Crippen molar-refractivity contribution in [3.63, 3.8) is 0 Å². The van der Waals surface area contributed by atoms with Gasteiger partial charge in [0.25, 0.3) is 0 Å². The maximum absolute atomic E-state index is 7.22. The summed E-state index contributed by atoms with van der Waals surface area (Å²) in [6.45, 7) is 0. The Hall–Kier alpha value is -18.5. The highest BCUT2D eigenvalue weighted by Gasteiger charge is 2.37. The molecule has 0 atom stereocenters. The first-order chi connectivity index (χ1) is 67.1. The number of para-hydroxylation sites is 16. The smallest absolute Gasteiger partial charge is 0.165 e. The first-order valence-electron chi connectivity index (χ1n) is 45.8. The highest BCUT2D eigenvalue weighted by molar-refractivity contribution is 6.21. The molecule has 30 rings (SSSR count). The Kier molecular flexibility index (Phi) is 16.0.